The molecular weight excluding hydrogens is 216 g/mol. The molecule has 0 aliphatic rings. The molecule has 1 aromatic carbocycles. The Morgan fingerprint density at radius 3 is 2.41 bits per heavy atom. The highest BCUT2D eigenvalue weighted by Crippen LogP contribution is 2.26. The van der Waals surface area contributed by atoms with Crippen LogP contribution >= 0.6 is 0 Å². The number of rotatable bonds is 4. The maximum atomic E-state index is 11.4. The highest BCUT2D eigenvalue weighted by molar-refractivity contribution is 5.73. The van der Waals surface area contributed by atoms with Crippen molar-refractivity contribution in [1.29, 1.82) is 0 Å². The van der Waals surface area contributed by atoms with Crippen molar-refractivity contribution in [2.45, 2.75) is 32.2 Å². The Morgan fingerprint density at radius 1 is 1.29 bits per heavy atom. The number of hydrogen-bond donors (Lipinski definition) is 2. The molecule has 0 fully saturated rings. The zero-order valence-corrected chi connectivity index (χ0v) is 10.8. The number of hydroxylamine groups is 1. The number of urea groups is 1. The SMILES string of the molecule is CONC(=O)N[C@H](C)C(C)(C)c1ccccc1. The van der Waals surface area contributed by atoms with Gasteiger partial charge in [-0.2, -0.15) is 0 Å². The third kappa shape index (κ3) is 3.46. The molecule has 0 radical (unpaired) electrons. The summed E-state index contributed by atoms with van der Waals surface area (Å²) in [5, 5.41) is 2.84. The van der Waals surface area contributed by atoms with Crippen molar-refractivity contribution in [2.75, 3.05) is 7.11 Å². The molecule has 2 N–H and O–H groups in total. The van der Waals surface area contributed by atoms with E-state index in [0.29, 0.717) is 0 Å². The summed E-state index contributed by atoms with van der Waals surface area (Å²) < 4.78 is 0. The third-order valence-corrected chi connectivity index (χ3v) is 3.14. The number of carbonyl (C=O) groups excluding carboxylic acids is 1. The summed E-state index contributed by atoms with van der Waals surface area (Å²) in [7, 11) is 1.41. The van der Waals surface area contributed by atoms with E-state index >= 15 is 0 Å². The zero-order valence-electron chi connectivity index (χ0n) is 10.8. The molecule has 4 heteroatoms. The van der Waals surface area contributed by atoms with Crippen LogP contribution in [0.1, 0.15) is 26.3 Å². The van der Waals surface area contributed by atoms with E-state index in [-0.39, 0.29) is 17.5 Å². The van der Waals surface area contributed by atoms with Gasteiger partial charge in [-0.05, 0) is 12.5 Å². The number of amides is 2. The van der Waals surface area contributed by atoms with Crippen LogP contribution in [0.15, 0.2) is 30.3 Å². The van der Waals surface area contributed by atoms with E-state index in [4.69, 9.17) is 0 Å². The van der Waals surface area contributed by atoms with Crippen LogP contribution in [0.4, 0.5) is 4.79 Å². The molecule has 17 heavy (non-hydrogen) atoms. The molecule has 4 nitrogen and oxygen atoms in total. The summed E-state index contributed by atoms with van der Waals surface area (Å²) in [5.74, 6) is 0. The largest absolute Gasteiger partial charge is 0.338 e. The van der Waals surface area contributed by atoms with E-state index in [1.807, 2.05) is 25.1 Å². The fraction of sp³-hybridized carbons (Fsp3) is 0.462. The van der Waals surface area contributed by atoms with Gasteiger partial charge >= 0.3 is 6.03 Å². The van der Waals surface area contributed by atoms with Crippen LogP contribution in [0.25, 0.3) is 0 Å². The highest BCUT2D eigenvalue weighted by Gasteiger charge is 2.28. The summed E-state index contributed by atoms with van der Waals surface area (Å²) in [5.41, 5.74) is 3.29. The number of benzene rings is 1. The maximum absolute atomic E-state index is 11.4. The average Bonchev–Trinajstić information content (AvgIpc) is 2.30. The molecule has 0 unspecified atom stereocenters. The lowest BCUT2D eigenvalue weighted by atomic mass is 9.78. The van der Waals surface area contributed by atoms with E-state index in [1.54, 1.807) is 0 Å². The Morgan fingerprint density at radius 2 is 1.88 bits per heavy atom. The van der Waals surface area contributed by atoms with Gasteiger partial charge in [0.15, 0.2) is 0 Å². The predicted octanol–water partition coefficient (Wildman–Crippen LogP) is 2.21. The number of hydrogen-bond acceptors (Lipinski definition) is 2. The first-order valence-corrected chi connectivity index (χ1v) is 5.63. The molecular formula is C13H20N2O2. The fourth-order valence-electron chi connectivity index (χ4n) is 1.62. The van der Waals surface area contributed by atoms with Crippen LogP contribution < -0.4 is 10.8 Å². The second-order valence-corrected chi connectivity index (χ2v) is 4.59. The summed E-state index contributed by atoms with van der Waals surface area (Å²) in [6.07, 6.45) is 0. The molecule has 2 amide bonds. The summed E-state index contributed by atoms with van der Waals surface area (Å²) in [6, 6.07) is 9.76. The summed E-state index contributed by atoms with van der Waals surface area (Å²) in [4.78, 5) is 15.9. The zero-order chi connectivity index (χ0) is 12.9. The van der Waals surface area contributed by atoms with Gasteiger partial charge in [0.05, 0.1) is 7.11 Å². The Kier molecular flexibility index (Phi) is 4.52. The van der Waals surface area contributed by atoms with Gasteiger partial charge in [0.2, 0.25) is 0 Å². The second kappa shape index (κ2) is 5.68. The smallest absolute Gasteiger partial charge is 0.333 e. The lowest BCUT2D eigenvalue weighted by Gasteiger charge is -2.32. The van der Waals surface area contributed by atoms with Crippen LogP contribution in [0.3, 0.4) is 0 Å². The van der Waals surface area contributed by atoms with Crippen LogP contribution in [0.5, 0.6) is 0 Å². The van der Waals surface area contributed by atoms with Gasteiger partial charge in [0.25, 0.3) is 0 Å². The minimum Gasteiger partial charge on any atom is -0.333 e. The minimum absolute atomic E-state index is 0.0138. The molecule has 0 spiro atoms. The van der Waals surface area contributed by atoms with Gasteiger partial charge in [-0.15, -0.1) is 0 Å². The monoisotopic (exact) mass is 236 g/mol. The maximum Gasteiger partial charge on any atom is 0.338 e. The molecule has 1 aromatic rings. The molecule has 0 aliphatic carbocycles. The van der Waals surface area contributed by atoms with Gasteiger partial charge in [-0.25, -0.2) is 10.3 Å². The lowest BCUT2D eigenvalue weighted by Crippen LogP contribution is -2.48. The van der Waals surface area contributed by atoms with Gasteiger partial charge < -0.3 is 5.32 Å². The predicted molar refractivity (Wildman–Crippen MR) is 67.6 cm³/mol. The Labute approximate surface area is 102 Å². The van der Waals surface area contributed by atoms with Crippen molar-refractivity contribution in [3.63, 3.8) is 0 Å². The first kappa shape index (κ1) is 13.5. The molecule has 0 bridgehead atoms. The van der Waals surface area contributed by atoms with E-state index < -0.39 is 0 Å². The number of carbonyl (C=O) groups is 1. The fourth-order valence-corrected chi connectivity index (χ4v) is 1.62. The highest BCUT2D eigenvalue weighted by atomic mass is 16.6. The van der Waals surface area contributed by atoms with Crippen molar-refractivity contribution in [1.82, 2.24) is 10.8 Å². The summed E-state index contributed by atoms with van der Waals surface area (Å²) >= 11 is 0. The Hall–Kier alpha value is -1.55. The molecule has 1 rings (SSSR count). The average molecular weight is 236 g/mol. The molecule has 94 valence electrons. The molecule has 0 saturated heterocycles. The standard InChI is InChI=1S/C13H20N2O2/c1-10(14-12(16)15-17-4)13(2,3)11-8-6-5-7-9-11/h5-10H,1-4H3,(H2,14,15,16)/t10-/m1/s1. The summed E-state index contributed by atoms with van der Waals surface area (Å²) in [6.45, 7) is 6.17. The van der Waals surface area contributed by atoms with E-state index in [9.17, 15) is 4.79 Å². The van der Waals surface area contributed by atoms with E-state index in [1.165, 1.54) is 12.7 Å². The quantitative estimate of drug-likeness (QED) is 0.787. The number of nitrogens with one attached hydrogen (secondary N) is 2. The van der Waals surface area contributed by atoms with Crippen molar-refractivity contribution >= 4 is 6.03 Å². The molecule has 0 saturated carbocycles. The first-order valence-electron chi connectivity index (χ1n) is 5.63. The minimum atomic E-state index is -0.330. The van der Waals surface area contributed by atoms with E-state index in [2.05, 4.69) is 41.6 Å². The normalized spacial score (nSPS) is 12.9. The van der Waals surface area contributed by atoms with Crippen molar-refractivity contribution < 1.29 is 9.63 Å². The van der Waals surface area contributed by atoms with Gasteiger partial charge in [0, 0.05) is 11.5 Å². The van der Waals surface area contributed by atoms with Crippen LogP contribution in [-0.2, 0) is 10.3 Å². The topological polar surface area (TPSA) is 50.4 Å². The third-order valence-electron chi connectivity index (χ3n) is 3.14. The lowest BCUT2D eigenvalue weighted by molar-refractivity contribution is 0.104. The van der Waals surface area contributed by atoms with Gasteiger partial charge in [-0.1, -0.05) is 44.2 Å². The van der Waals surface area contributed by atoms with Crippen LogP contribution in [0, 0.1) is 0 Å². The van der Waals surface area contributed by atoms with Crippen LogP contribution in [-0.4, -0.2) is 19.2 Å². The molecule has 0 aromatic heterocycles. The van der Waals surface area contributed by atoms with Crippen molar-refractivity contribution in [3.05, 3.63) is 35.9 Å². The van der Waals surface area contributed by atoms with Crippen molar-refractivity contribution in [3.8, 4) is 0 Å². The van der Waals surface area contributed by atoms with Gasteiger partial charge in [0.1, 0.15) is 0 Å². The Bertz CT molecular complexity index is 363. The molecule has 1 atom stereocenters. The second-order valence-electron chi connectivity index (χ2n) is 4.59. The van der Waals surface area contributed by atoms with Crippen molar-refractivity contribution in [2.24, 2.45) is 0 Å². The van der Waals surface area contributed by atoms with E-state index in [0.717, 1.165) is 0 Å². The first-order chi connectivity index (χ1) is 7.98. The molecule has 0 heterocycles. The molecule has 0 aliphatic heterocycles. The van der Waals surface area contributed by atoms with Crippen LogP contribution in [0.2, 0.25) is 0 Å². The van der Waals surface area contributed by atoms with Gasteiger partial charge in [-0.3, -0.25) is 4.84 Å². The Balaban J connectivity index is 2.73.